The molecule has 0 aromatic carbocycles. The zero-order valence-corrected chi connectivity index (χ0v) is 12.1. The molecular weight excluding hydrogens is 254 g/mol. The molecule has 1 aliphatic heterocycles. The van der Waals surface area contributed by atoms with Crippen LogP contribution in [0.5, 0.6) is 0 Å². The summed E-state index contributed by atoms with van der Waals surface area (Å²) in [5.41, 5.74) is 0. The van der Waals surface area contributed by atoms with Gasteiger partial charge in [-0.05, 0) is 38.5 Å². The summed E-state index contributed by atoms with van der Waals surface area (Å²) in [6.45, 7) is 8.16. The molecule has 0 bridgehead atoms. The van der Waals surface area contributed by atoms with E-state index in [9.17, 15) is 9.59 Å². The lowest BCUT2D eigenvalue weighted by atomic mass is 9.93. The van der Waals surface area contributed by atoms with Crippen LogP contribution in [0, 0.1) is 5.92 Å². The number of carboxylic acids is 1. The number of carbonyl (C=O) groups is 2. The van der Waals surface area contributed by atoms with Crippen LogP contribution in [0.1, 0.15) is 44.9 Å². The minimum absolute atomic E-state index is 0.0736. The summed E-state index contributed by atoms with van der Waals surface area (Å²) in [6, 6.07) is 0.0736. The van der Waals surface area contributed by atoms with Crippen LogP contribution < -0.4 is 0 Å². The number of aliphatic carboxylic acids is 1. The first-order valence-electron chi connectivity index (χ1n) is 7.34. The van der Waals surface area contributed by atoms with E-state index in [1.807, 2.05) is 4.90 Å². The van der Waals surface area contributed by atoms with Gasteiger partial charge in [0, 0.05) is 24.9 Å². The van der Waals surface area contributed by atoms with Crippen molar-refractivity contribution in [1.82, 2.24) is 4.90 Å². The van der Waals surface area contributed by atoms with E-state index in [2.05, 4.69) is 13.2 Å². The van der Waals surface area contributed by atoms with Gasteiger partial charge in [0.2, 0.25) is 5.91 Å². The smallest absolute Gasteiger partial charge is 0.303 e. The molecule has 1 unspecified atom stereocenters. The number of hydrogen-bond donors (Lipinski definition) is 1. The van der Waals surface area contributed by atoms with Crippen LogP contribution in [-0.2, 0) is 9.59 Å². The maximum Gasteiger partial charge on any atom is 0.303 e. The molecule has 112 valence electrons. The molecule has 0 aromatic rings. The predicted octanol–water partition coefficient (Wildman–Crippen LogP) is 3.00. The highest BCUT2D eigenvalue weighted by Gasteiger charge is 2.30. The van der Waals surface area contributed by atoms with Gasteiger partial charge in [0.1, 0.15) is 0 Å². The summed E-state index contributed by atoms with van der Waals surface area (Å²) in [5, 5.41) is 8.82. The highest BCUT2D eigenvalue weighted by molar-refractivity contribution is 5.79. The maximum absolute atomic E-state index is 12.6. The highest BCUT2D eigenvalue weighted by atomic mass is 16.4. The van der Waals surface area contributed by atoms with Crippen molar-refractivity contribution in [2.24, 2.45) is 5.92 Å². The predicted molar refractivity (Wildman–Crippen MR) is 79.3 cm³/mol. The van der Waals surface area contributed by atoms with Crippen LogP contribution in [0.15, 0.2) is 25.3 Å². The Kier molecular flexibility index (Phi) is 7.05. The zero-order valence-electron chi connectivity index (χ0n) is 12.1. The Balaban J connectivity index is 2.70. The third kappa shape index (κ3) is 4.83. The third-order valence-electron chi connectivity index (χ3n) is 3.85. The zero-order chi connectivity index (χ0) is 15.0. The lowest BCUT2D eigenvalue weighted by Gasteiger charge is -2.37. The largest absolute Gasteiger partial charge is 0.481 e. The number of hydrogen-bond acceptors (Lipinski definition) is 2. The van der Waals surface area contributed by atoms with Crippen molar-refractivity contribution in [2.75, 3.05) is 6.54 Å². The normalized spacial score (nSPS) is 18.9. The summed E-state index contributed by atoms with van der Waals surface area (Å²) >= 11 is 0. The first kappa shape index (κ1) is 16.5. The van der Waals surface area contributed by atoms with Crippen molar-refractivity contribution < 1.29 is 14.7 Å². The number of allylic oxidation sites excluding steroid dienone is 2. The molecule has 0 radical (unpaired) electrons. The molecule has 1 heterocycles. The molecule has 0 aliphatic carbocycles. The molecule has 4 nitrogen and oxygen atoms in total. The standard InChI is InChI=1S/C16H25NO3/c1-3-7-13(8-4-2)16(20)17-12-6-5-9-14(17)10-11-15(18)19/h3-4,13-14H,1-2,5-12H2,(H,18,19). The van der Waals surface area contributed by atoms with E-state index in [1.165, 1.54) is 0 Å². The number of rotatable bonds is 8. The first-order chi connectivity index (χ1) is 9.60. The van der Waals surface area contributed by atoms with Gasteiger partial charge >= 0.3 is 5.97 Å². The van der Waals surface area contributed by atoms with E-state index < -0.39 is 5.97 Å². The van der Waals surface area contributed by atoms with E-state index in [-0.39, 0.29) is 24.3 Å². The number of nitrogens with zero attached hydrogens (tertiary/aromatic N) is 1. The first-order valence-corrected chi connectivity index (χ1v) is 7.34. The Bertz CT molecular complexity index is 355. The van der Waals surface area contributed by atoms with Crippen LogP contribution in [-0.4, -0.2) is 34.5 Å². The fourth-order valence-corrected chi connectivity index (χ4v) is 2.82. The number of piperidine rings is 1. The van der Waals surface area contributed by atoms with E-state index in [4.69, 9.17) is 5.11 Å². The number of amides is 1. The molecular formula is C16H25NO3. The lowest BCUT2D eigenvalue weighted by molar-refractivity contribution is -0.142. The Hall–Kier alpha value is -1.58. The highest BCUT2D eigenvalue weighted by Crippen LogP contribution is 2.25. The second-order valence-corrected chi connectivity index (χ2v) is 5.36. The van der Waals surface area contributed by atoms with Gasteiger partial charge in [0.15, 0.2) is 0 Å². The van der Waals surface area contributed by atoms with E-state index in [0.717, 1.165) is 25.8 Å². The molecule has 0 saturated carbocycles. The molecule has 0 aromatic heterocycles. The van der Waals surface area contributed by atoms with Gasteiger partial charge in [-0.3, -0.25) is 9.59 Å². The minimum atomic E-state index is -0.795. The minimum Gasteiger partial charge on any atom is -0.481 e. The van der Waals surface area contributed by atoms with Gasteiger partial charge in [-0.1, -0.05) is 12.2 Å². The Morgan fingerprint density at radius 3 is 2.45 bits per heavy atom. The van der Waals surface area contributed by atoms with Gasteiger partial charge < -0.3 is 10.0 Å². The van der Waals surface area contributed by atoms with Gasteiger partial charge in [-0.25, -0.2) is 0 Å². The summed E-state index contributed by atoms with van der Waals surface area (Å²) in [6.07, 6.45) is 8.49. The molecule has 20 heavy (non-hydrogen) atoms. The molecule has 0 spiro atoms. The van der Waals surface area contributed by atoms with Gasteiger partial charge in [0.25, 0.3) is 0 Å². The Labute approximate surface area is 121 Å². The summed E-state index contributed by atoms with van der Waals surface area (Å²) in [4.78, 5) is 25.2. The van der Waals surface area contributed by atoms with Crippen molar-refractivity contribution in [3.63, 3.8) is 0 Å². The van der Waals surface area contributed by atoms with Crippen LogP contribution in [0.25, 0.3) is 0 Å². The second kappa shape index (κ2) is 8.56. The van der Waals surface area contributed by atoms with Gasteiger partial charge in [-0.2, -0.15) is 0 Å². The van der Waals surface area contributed by atoms with Crippen molar-refractivity contribution in [1.29, 1.82) is 0 Å². The molecule has 1 amide bonds. The lowest BCUT2D eigenvalue weighted by Crippen LogP contribution is -2.46. The van der Waals surface area contributed by atoms with E-state index in [0.29, 0.717) is 19.3 Å². The summed E-state index contributed by atoms with van der Waals surface area (Å²) in [7, 11) is 0. The quantitative estimate of drug-likeness (QED) is 0.695. The fourth-order valence-electron chi connectivity index (χ4n) is 2.82. The monoisotopic (exact) mass is 279 g/mol. The number of likely N-dealkylation sites (tertiary alicyclic amines) is 1. The van der Waals surface area contributed by atoms with Crippen LogP contribution in [0.4, 0.5) is 0 Å². The van der Waals surface area contributed by atoms with Crippen molar-refractivity contribution in [2.45, 2.75) is 51.0 Å². The fraction of sp³-hybridized carbons (Fsp3) is 0.625. The van der Waals surface area contributed by atoms with Gasteiger partial charge in [-0.15, -0.1) is 13.2 Å². The van der Waals surface area contributed by atoms with Crippen LogP contribution in [0.2, 0.25) is 0 Å². The van der Waals surface area contributed by atoms with Crippen LogP contribution >= 0.6 is 0 Å². The van der Waals surface area contributed by atoms with Crippen molar-refractivity contribution in [3.05, 3.63) is 25.3 Å². The Morgan fingerprint density at radius 1 is 1.25 bits per heavy atom. The van der Waals surface area contributed by atoms with Gasteiger partial charge in [0.05, 0.1) is 0 Å². The molecule has 1 saturated heterocycles. The summed E-state index contributed by atoms with van der Waals surface area (Å²) < 4.78 is 0. The average molecular weight is 279 g/mol. The Morgan fingerprint density at radius 2 is 1.90 bits per heavy atom. The molecule has 1 N–H and O–H groups in total. The number of carbonyl (C=O) groups excluding carboxylic acids is 1. The summed E-state index contributed by atoms with van der Waals surface area (Å²) in [5.74, 6) is -0.771. The molecule has 1 rings (SSSR count). The molecule has 1 atom stereocenters. The van der Waals surface area contributed by atoms with Crippen LogP contribution in [0.3, 0.4) is 0 Å². The van der Waals surface area contributed by atoms with E-state index in [1.54, 1.807) is 12.2 Å². The molecule has 4 heteroatoms. The molecule has 1 aliphatic rings. The van der Waals surface area contributed by atoms with Crippen molar-refractivity contribution in [3.8, 4) is 0 Å². The molecule has 1 fully saturated rings. The van der Waals surface area contributed by atoms with Crippen molar-refractivity contribution >= 4 is 11.9 Å². The maximum atomic E-state index is 12.6. The number of carboxylic acid groups (broad SMARTS) is 1. The average Bonchev–Trinajstić information content (AvgIpc) is 2.44. The van der Waals surface area contributed by atoms with E-state index >= 15 is 0 Å². The topological polar surface area (TPSA) is 57.6 Å². The third-order valence-corrected chi connectivity index (χ3v) is 3.85. The second-order valence-electron chi connectivity index (χ2n) is 5.36. The SMILES string of the molecule is C=CCC(CC=C)C(=O)N1CCCCC1CCC(=O)O.